The van der Waals surface area contributed by atoms with Crippen molar-refractivity contribution in [3.63, 3.8) is 0 Å². The fourth-order valence-corrected chi connectivity index (χ4v) is 3.10. The number of carbonyl (C=O) groups is 4. The third kappa shape index (κ3) is 9.29. The molecule has 1 atom stereocenters. The van der Waals surface area contributed by atoms with Crippen molar-refractivity contribution in [2.24, 2.45) is 11.0 Å². The molecule has 0 aromatic carbocycles. The second-order valence-electron chi connectivity index (χ2n) is 6.81. The molecule has 1 fully saturated rings. The highest BCUT2D eigenvalue weighted by molar-refractivity contribution is 5.82. The Kier molecular flexibility index (Phi) is 11.2. The number of hydrogen-bond donors (Lipinski definition) is 2. The number of piperidine rings is 1. The number of nitrogens with zero attached hydrogens (tertiary/aromatic N) is 4. The van der Waals surface area contributed by atoms with Gasteiger partial charge in [0.05, 0.1) is 18.9 Å². The van der Waals surface area contributed by atoms with E-state index in [1.54, 1.807) is 11.8 Å². The highest BCUT2D eigenvalue weighted by Gasteiger charge is 2.30. The number of aliphatic carboxylic acids is 1. The summed E-state index contributed by atoms with van der Waals surface area (Å²) >= 11 is 0. The average Bonchev–Trinajstić information content (AvgIpc) is 2.71. The molecule has 162 valence electrons. The highest BCUT2D eigenvalue weighted by Crippen LogP contribution is 2.20. The van der Waals surface area contributed by atoms with Gasteiger partial charge in [0.25, 0.3) is 0 Å². The minimum atomic E-state index is -1.03. The average molecular weight is 411 g/mol. The number of rotatable bonds is 12. The number of unbranched alkanes of at least 4 members (excludes halogenated alkanes) is 1. The van der Waals surface area contributed by atoms with Gasteiger partial charge in [0.2, 0.25) is 11.8 Å². The van der Waals surface area contributed by atoms with E-state index in [1.165, 1.54) is 0 Å². The van der Waals surface area contributed by atoms with Crippen molar-refractivity contribution in [1.29, 1.82) is 0 Å². The summed E-state index contributed by atoms with van der Waals surface area (Å²) in [6.07, 6.45) is 2.25. The molecule has 2 N–H and O–H groups in total. The van der Waals surface area contributed by atoms with Crippen molar-refractivity contribution >= 4 is 23.8 Å². The number of azide groups is 1. The number of carbonyl (C=O) groups excluding carboxylic acids is 3. The third-order valence-electron chi connectivity index (χ3n) is 4.70. The molecular formula is C18H29N5O6. The Morgan fingerprint density at radius 1 is 1.24 bits per heavy atom. The highest BCUT2D eigenvalue weighted by atomic mass is 16.5. The summed E-state index contributed by atoms with van der Waals surface area (Å²) in [6.45, 7) is 3.28. The van der Waals surface area contributed by atoms with E-state index in [2.05, 4.69) is 15.3 Å². The Morgan fingerprint density at radius 3 is 2.52 bits per heavy atom. The van der Waals surface area contributed by atoms with Crippen LogP contribution >= 0.6 is 0 Å². The van der Waals surface area contributed by atoms with E-state index in [4.69, 9.17) is 15.4 Å². The monoisotopic (exact) mass is 411 g/mol. The summed E-state index contributed by atoms with van der Waals surface area (Å²) in [5, 5.41) is 14.8. The van der Waals surface area contributed by atoms with Crippen molar-refractivity contribution < 1.29 is 29.0 Å². The lowest BCUT2D eigenvalue weighted by Gasteiger charge is -2.32. The van der Waals surface area contributed by atoms with E-state index in [9.17, 15) is 19.2 Å². The lowest BCUT2D eigenvalue weighted by Crippen LogP contribution is -2.44. The molecule has 0 aromatic heterocycles. The van der Waals surface area contributed by atoms with Crippen LogP contribution in [0.5, 0.6) is 0 Å². The van der Waals surface area contributed by atoms with Crippen LogP contribution in [0.1, 0.15) is 51.9 Å². The standard InChI is InChI=1S/C18H29N5O6/c1-2-29-18(28)13-8-11-23(12-9-13)17(27)14(21-22-19)5-3-4-10-20-15(24)6-7-16(25)26/h13-14H,2-12H2,1H3,(H,20,24)(H,25,26)/t14-/m0/s1. The summed E-state index contributed by atoms with van der Waals surface area (Å²) in [4.78, 5) is 50.7. The molecule has 0 radical (unpaired) electrons. The second kappa shape index (κ2) is 13.4. The van der Waals surface area contributed by atoms with Gasteiger partial charge in [0.15, 0.2) is 0 Å². The molecule has 1 aliphatic rings. The maximum Gasteiger partial charge on any atom is 0.309 e. The van der Waals surface area contributed by atoms with Gasteiger partial charge in [-0.05, 0) is 38.1 Å². The van der Waals surface area contributed by atoms with Crippen molar-refractivity contribution in [2.45, 2.75) is 57.9 Å². The fourth-order valence-electron chi connectivity index (χ4n) is 3.10. The number of carboxylic acids is 1. The van der Waals surface area contributed by atoms with Gasteiger partial charge in [-0.2, -0.15) is 0 Å². The maximum absolute atomic E-state index is 12.6. The summed E-state index contributed by atoms with van der Waals surface area (Å²) in [5.74, 6) is -2.06. The Hall–Kier alpha value is -2.81. The first kappa shape index (κ1) is 24.2. The van der Waals surface area contributed by atoms with Gasteiger partial charge in [-0.3, -0.25) is 19.2 Å². The maximum atomic E-state index is 12.6. The topological polar surface area (TPSA) is 162 Å². The molecule has 0 bridgehead atoms. The first-order chi connectivity index (χ1) is 13.9. The first-order valence-corrected chi connectivity index (χ1v) is 9.87. The lowest BCUT2D eigenvalue weighted by atomic mass is 9.96. The molecule has 1 rings (SSSR count). The number of esters is 1. The summed E-state index contributed by atoms with van der Waals surface area (Å²) in [7, 11) is 0. The molecule has 1 heterocycles. The zero-order valence-electron chi connectivity index (χ0n) is 16.7. The molecule has 2 amide bonds. The van der Waals surface area contributed by atoms with Crippen LogP contribution in [0.15, 0.2) is 5.11 Å². The molecular weight excluding hydrogens is 382 g/mol. The minimum Gasteiger partial charge on any atom is -0.481 e. The molecule has 0 aliphatic carbocycles. The van der Waals surface area contributed by atoms with Crippen LogP contribution in [0.4, 0.5) is 0 Å². The molecule has 11 heteroatoms. The predicted molar refractivity (Wildman–Crippen MR) is 103 cm³/mol. The van der Waals surface area contributed by atoms with Gasteiger partial charge >= 0.3 is 11.9 Å². The van der Waals surface area contributed by atoms with E-state index in [0.29, 0.717) is 58.3 Å². The predicted octanol–water partition coefficient (Wildman–Crippen LogP) is 1.62. The normalized spacial score (nSPS) is 15.1. The van der Waals surface area contributed by atoms with Gasteiger partial charge in [-0.1, -0.05) is 11.5 Å². The second-order valence-corrected chi connectivity index (χ2v) is 6.81. The molecule has 0 saturated carbocycles. The van der Waals surface area contributed by atoms with Gasteiger partial charge in [-0.15, -0.1) is 0 Å². The van der Waals surface area contributed by atoms with Gasteiger partial charge in [0.1, 0.15) is 6.04 Å². The summed E-state index contributed by atoms with van der Waals surface area (Å²) in [6, 6.07) is -0.818. The zero-order valence-corrected chi connectivity index (χ0v) is 16.7. The molecule has 0 spiro atoms. The lowest BCUT2D eigenvalue weighted by molar-refractivity contribution is -0.151. The molecule has 29 heavy (non-hydrogen) atoms. The van der Waals surface area contributed by atoms with Crippen LogP contribution in [0.2, 0.25) is 0 Å². The Bertz CT molecular complexity index is 626. The van der Waals surface area contributed by atoms with Crippen molar-refractivity contribution in [1.82, 2.24) is 10.2 Å². The number of hydrogen-bond acceptors (Lipinski definition) is 6. The van der Waals surface area contributed by atoms with Crippen LogP contribution in [-0.2, 0) is 23.9 Å². The van der Waals surface area contributed by atoms with Crippen molar-refractivity contribution in [3.8, 4) is 0 Å². The Balaban J connectivity index is 2.36. The van der Waals surface area contributed by atoms with Gasteiger partial charge in [-0.25, -0.2) is 0 Å². The van der Waals surface area contributed by atoms with Crippen molar-refractivity contribution in [2.75, 3.05) is 26.2 Å². The number of carboxylic acid groups (broad SMARTS) is 1. The molecule has 0 aromatic rings. The SMILES string of the molecule is CCOC(=O)C1CCN(C(=O)[C@H](CCCCNC(=O)CCC(=O)O)N=[N+]=[N-])CC1. The van der Waals surface area contributed by atoms with Crippen LogP contribution in [0.3, 0.4) is 0 Å². The molecule has 0 unspecified atom stereocenters. The smallest absolute Gasteiger partial charge is 0.309 e. The van der Waals surface area contributed by atoms with E-state index >= 15 is 0 Å². The number of nitrogens with one attached hydrogen (secondary N) is 1. The number of ether oxygens (including phenoxy) is 1. The Morgan fingerprint density at radius 2 is 1.93 bits per heavy atom. The molecule has 11 nitrogen and oxygen atoms in total. The van der Waals surface area contributed by atoms with E-state index in [0.717, 1.165) is 0 Å². The van der Waals surface area contributed by atoms with E-state index in [1.807, 2.05) is 0 Å². The summed E-state index contributed by atoms with van der Waals surface area (Å²) < 4.78 is 5.01. The number of amides is 2. The summed E-state index contributed by atoms with van der Waals surface area (Å²) in [5.41, 5.74) is 8.76. The fraction of sp³-hybridized carbons (Fsp3) is 0.778. The van der Waals surface area contributed by atoms with Crippen molar-refractivity contribution in [3.05, 3.63) is 10.4 Å². The van der Waals surface area contributed by atoms with E-state index in [-0.39, 0.29) is 36.5 Å². The first-order valence-electron chi connectivity index (χ1n) is 9.87. The van der Waals surface area contributed by atoms with Crippen LogP contribution in [-0.4, -0.2) is 66.0 Å². The van der Waals surface area contributed by atoms with Crippen LogP contribution < -0.4 is 5.32 Å². The van der Waals surface area contributed by atoms with E-state index < -0.39 is 12.0 Å². The molecule has 1 saturated heterocycles. The van der Waals surface area contributed by atoms with Gasteiger partial charge < -0.3 is 20.1 Å². The quantitative estimate of drug-likeness (QED) is 0.163. The molecule has 1 aliphatic heterocycles. The van der Waals surface area contributed by atoms with Gasteiger partial charge in [0, 0.05) is 31.0 Å². The van der Waals surface area contributed by atoms with Crippen LogP contribution in [0.25, 0.3) is 10.4 Å². The number of likely N-dealkylation sites (tertiary alicyclic amines) is 1. The largest absolute Gasteiger partial charge is 0.481 e. The minimum absolute atomic E-state index is 0.0725. The third-order valence-corrected chi connectivity index (χ3v) is 4.70. The zero-order chi connectivity index (χ0) is 21.6. The van der Waals surface area contributed by atoms with Crippen LogP contribution in [0, 0.1) is 5.92 Å². The Labute approximate surface area is 169 Å².